The van der Waals surface area contributed by atoms with Gasteiger partial charge in [0.2, 0.25) is 5.43 Å². The van der Waals surface area contributed by atoms with Crippen molar-refractivity contribution in [3.05, 3.63) is 63.3 Å². The normalized spacial score (nSPS) is 10.9. The molecule has 1 heterocycles. The second-order valence-electron chi connectivity index (χ2n) is 6.92. The van der Waals surface area contributed by atoms with Crippen LogP contribution in [0, 0.1) is 5.82 Å². The number of nitrogens with zero attached hydrogens (tertiary/aromatic N) is 1. The molecule has 0 aliphatic carbocycles. The number of ether oxygens (including phenoxy) is 3. The quantitative estimate of drug-likeness (QED) is 0.377. The van der Waals surface area contributed by atoms with Crippen LogP contribution in [0.1, 0.15) is 46.2 Å². The second kappa shape index (κ2) is 12.0. The summed E-state index contributed by atoms with van der Waals surface area (Å²) in [5.41, 5.74) is -0.964. The molecule has 0 atom stereocenters. The number of unbranched alkanes of at least 4 members (excludes halogenated alkanes) is 1. The lowest BCUT2D eigenvalue weighted by Crippen LogP contribution is -2.34. The van der Waals surface area contributed by atoms with E-state index in [0.29, 0.717) is 12.0 Å². The number of carboxylic acids is 1. The molecule has 1 aromatic carbocycles. The van der Waals surface area contributed by atoms with Gasteiger partial charge in [0, 0.05) is 27.0 Å². The second-order valence-corrected chi connectivity index (χ2v) is 6.92. The van der Waals surface area contributed by atoms with E-state index in [-0.39, 0.29) is 31.1 Å². The monoisotopic (exact) mass is 450 g/mol. The van der Waals surface area contributed by atoms with Crippen molar-refractivity contribution in [2.45, 2.75) is 39.1 Å². The molecule has 0 saturated carbocycles. The van der Waals surface area contributed by atoms with Gasteiger partial charge in [-0.25, -0.2) is 9.18 Å². The van der Waals surface area contributed by atoms with Crippen molar-refractivity contribution in [3.63, 3.8) is 0 Å². The topological polar surface area (TPSA) is 116 Å². The number of halogens is 1. The Labute approximate surface area is 184 Å². The van der Waals surface area contributed by atoms with E-state index >= 15 is 0 Å². The highest BCUT2D eigenvalue weighted by molar-refractivity contribution is 5.97. The molecule has 0 fully saturated rings. The van der Waals surface area contributed by atoms with E-state index in [2.05, 4.69) is 5.32 Å². The zero-order valence-electron chi connectivity index (χ0n) is 18.2. The van der Waals surface area contributed by atoms with Gasteiger partial charge >= 0.3 is 5.97 Å². The molecule has 0 bridgehead atoms. The molecule has 1 aromatic heterocycles. The Hall–Kier alpha value is -3.24. The average Bonchev–Trinajstić information content (AvgIpc) is 2.78. The van der Waals surface area contributed by atoms with E-state index in [1.54, 1.807) is 0 Å². The maximum Gasteiger partial charge on any atom is 0.341 e. The molecule has 32 heavy (non-hydrogen) atoms. The highest BCUT2D eigenvalue weighted by atomic mass is 19.1. The average molecular weight is 450 g/mol. The van der Waals surface area contributed by atoms with Crippen LogP contribution < -0.4 is 15.5 Å². The number of pyridine rings is 1. The molecule has 0 aliphatic rings. The molecular formula is C22H27FN2O7. The fourth-order valence-corrected chi connectivity index (χ4v) is 2.90. The van der Waals surface area contributed by atoms with Crippen LogP contribution in [-0.4, -0.2) is 48.7 Å². The number of nitrogens with one attached hydrogen (secondary N) is 1. The van der Waals surface area contributed by atoms with Gasteiger partial charge in [-0.3, -0.25) is 9.59 Å². The minimum Gasteiger partial charge on any atom is -0.487 e. The van der Waals surface area contributed by atoms with Crippen LogP contribution in [0.4, 0.5) is 4.39 Å². The van der Waals surface area contributed by atoms with Gasteiger partial charge in [0.15, 0.2) is 17.7 Å². The lowest BCUT2D eigenvalue weighted by Gasteiger charge is -2.21. The first-order valence-corrected chi connectivity index (χ1v) is 10.0. The maximum absolute atomic E-state index is 13.1. The molecule has 0 unspecified atom stereocenters. The number of carbonyl (C=O) groups excluding carboxylic acids is 1. The Morgan fingerprint density at radius 3 is 2.41 bits per heavy atom. The van der Waals surface area contributed by atoms with Gasteiger partial charge < -0.3 is 29.2 Å². The van der Waals surface area contributed by atoms with Crippen LogP contribution in [0.2, 0.25) is 0 Å². The summed E-state index contributed by atoms with van der Waals surface area (Å²) < 4.78 is 30.3. The number of rotatable bonds is 12. The number of hydrogen-bond acceptors (Lipinski definition) is 6. The van der Waals surface area contributed by atoms with Crippen LogP contribution in [0.15, 0.2) is 35.3 Å². The Bertz CT molecular complexity index is 985. The number of methoxy groups -OCH3 is 2. The SMILES string of the molecule is CCCCOc1c(C(=O)NCc2ccc(F)cc2)n(CC(OC)OC)cc(C(=O)O)c1=O. The van der Waals surface area contributed by atoms with Gasteiger partial charge in [0.1, 0.15) is 11.4 Å². The molecule has 0 spiro atoms. The number of amides is 1. The summed E-state index contributed by atoms with van der Waals surface area (Å²) in [6.45, 7) is 2.04. The van der Waals surface area contributed by atoms with Gasteiger partial charge in [-0.2, -0.15) is 0 Å². The van der Waals surface area contributed by atoms with Crippen LogP contribution in [0.3, 0.4) is 0 Å². The zero-order valence-corrected chi connectivity index (χ0v) is 18.2. The summed E-state index contributed by atoms with van der Waals surface area (Å²) in [5.74, 6) is -2.88. The van der Waals surface area contributed by atoms with E-state index in [1.807, 2.05) is 6.92 Å². The molecule has 2 rings (SSSR count). The molecule has 174 valence electrons. The zero-order chi connectivity index (χ0) is 23.7. The molecule has 10 heteroatoms. The molecule has 0 radical (unpaired) electrons. The van der Waals surface area contributed by atoms with Crippen molar-refractivity contribution in [1.82, 2.24) is 9.88 Å². The van der Waals surface area contributed by atoms with Crippen molar-refractivity contribution >= 4 is 11.9 Å². The summed E-state index contributed by atoms with van der Waals surface area (Å²) in [6.07, 6.45) is 1.63. The molecule has 0 saturated heterocycles. The van der Waals surface area contributed by atoms with Crippen molar-refractivity contribution in [2.75, 3.05) is 20.8 Å². The summed E-state index contributed by atoms with van der Waals surface area (Å²) in [4.78, 5) is 37.6. The first-order chi connectivity index (χ1) is 15.3. The largest absolute Gasteiger partial charge is 0.487 e. The molecule has 9 nitrogen and oxygen atoms in total. The first kappa shape index (κ1) is 25.0. The Balaban J connectivity index is 2.51. The van der Waals surface area contributed by atoms with Crippen LogP contribution in [0.25, 0.3) is 0 Å². The number of benzene rings is 1. The van der Waals surface area contributed by atoms with E-state index in [9.17, 15) is 23.9 Å². The summed E-state index contributed by atoms with van der Waals surface area (Å²) in [5, 5.41) is 12.1. The van der Waals surface area contributed by atoms with Crippen LogP contribution in [0.5, 0.6) is 5.75 Å². The fourth-order valence-electron chi connectivity index (χ4n) is 2.90. The Morgan fingerprint density at radius 1 is 1.19 bits per heavy atom. The Morgan fingerprint density at radius 2 is 1.84 bits per heavy atom. The molecule has 0 aliphatic heterocycles. The molecule has 1 amide bonds. The first-order valence-electron chi connectivity index (χ1n) is 10.0. The number of aromatic carboxylic acids is 1. The lowest BCUT2D eigenvalue weighted by molar-refractivity contribution is -0.111. The fraction of sp³-hybridized carbons (Fsp3) is 0.409. The molecule has 2 aromatic rings. The maximum atomic E-state index is 13.1. The minimum atomic E-state index is -1.45. The summed E-state index contributed by atoms with van der Waals surface area (Å²) in [7, 11) is 2.78. The predicted octanol–water partition coefficient (Wildman–Crippen LogP) is 2.41. The number of carbonyl (C=O) groups is 2. The predicted molar refractivity (Wildman–Crippen MR) is 113 cm³/mol. The highest BCUT2D eigenvalue weighted by Gasteiger charge is 2.26. The van der Waals surface area contributed by atoms with E-state index in [1.165, 1.54) is 43.1 Å². The molecule has 2 N–H and O–H groups in total. The lowest BCUT2D eigenvalue weighted by atomic mass is 10.1. The number of aromatic nitrogens is 1. The highest BCUT2D eigenvalue weighted by Crippen LogP contribution is 2.18. The van der Waals surface area contributed by atoms with Crippen molar-refractivity contribution in [3.8, 4) is 5.75 Å². The number of hydrogen-bond donors (Lipinski definition) is 2. The van der Waals surface area contributed by atoms with Crippen LogP contribution >= 0.6 is 0 Å². The Kier molecular flexibility index (Phi) is 9.36. The van der Waals surface area contributed by atoms with Gasteiger partial charge in [-0.15, -0.1) is 0 Å². The van der Waals surface area contributed by atoms with Gasteiger partial charge in [-0.1, -0.05) is 25.5 Å². The summed E-state index contributed by atoms with van der Waals surface area (Å²) in [6, 6.07) is 5.56. The number of carboxylic acid groups (broad SMARTS) is 1. The molecular weight excluding hydrogens is 423 g/mol. The standard InChI is InChI=1S/C22H27FN2O7/c1-4-5-10-32-20-18(21(27)24-11-14-6-8-15(23)9-7-14)25(13-17(30-2)31-3)12-16(19(20)26)22(28)29/h6-9,12,17H,4-5,10-11,13H2,1-3H3,(H,24,27)(H,28,29). The van der Waals surface area contributed by atoms with Crippen molar-refractivity contribution in [1.29, 1.82) is 0 Å². The van der Waals surface area contributed by atoms with E-state index in [0.717, 1.165) is 12.6 Å². The van der Waals surface area contributed by atoms with Gasteiger partial charge in [-0.05, 0) is 24.1 Å². The van der Waals surface area contributed by atoms with Crippen LogP contribution in [-0.2, 0) is 22.6 Å². The summed E-state index contributed by atoms with van der Waals surface area (Å²) >= 11 is 0. The van der Waals surface area contributed by atoms with Gasteiger partial charge in [0.25, 0.3) is 5.91 Å². The van der Waals surface area contributed by atoms with Gasteiger partial charge in [0.05, 0.1) is 13.2 Å². The van der Waals surface area contributed by atoms with E-state index in [4.69, 9.17) is 14.2 Å². The third kappa shape index (κ3) is 6.38. The third-order valence-corrected chi connectivity index (χ3v) is 4.67. The smallest absolute Gasteiger partial charge is 0.341 e. The van der Waals surface area contributed by atoms with Crippen molar-refractivity contribution < 1.29 is 33.3 Å². The minimum absolute atomic E-state index is 0.0559. The van der Waals surface area contributed by atoms with Crippen molar-refractivity contribution in [2.24, 2.45) is 0 Å². The van der Waals surface area contributed by atoms with E-state index < -0.39 is 35.0 Å². The third-order valence-electron chi connectivity index (χ3n) is 4.67.